The van der Waals surface area contributed by atoms with E-state index in [9.17, 15) is 5.11 Å². The van der Waals surface area contributed by atoms with Gasteiger partial charge in [-0.05, 0) is 49.4 Å². The van der Waals surface area contributed by atoms with Crippen LogP contribution in [0.4, 0.5) is 5.82 Å². The van der Waals surface area contributed by atoms with E-state index in [-0.39, 0.29) is 12.7 Å². The number of aryl methyl sites for hydroxylation is 1. The van der Waals surface area contributed by atoms with E-state index in [1.165, 1.54) is 0 Å². The summed E-state index contributed by atoms with van der Waals surface area (Å²) in [7, 11) is 1.84. The molecule has 0 spiro atoms. The molecule has 0 aliphatic rings. The fraction of sp³-hybridized carbons (Fsp3) is 0.524. The van der Waals surface area contributed by atoms with Gasteiger partial charge in [-0.1, -0.05) is 27.7 Å². The molecule has 26 heavy (non-hydrogen) atoms. The molecule has 2 heterocycles. The molecule has 0 saturated heterocycles. The second kappa shape index (κ2) is 8.99. The van der Waals surface area contributed by atoms with E-state index in [1.54, 1.807) is 0 Å². The summed E-state index contributed by atoms with van der Waals surface area (Å²) in [6, 6.07) is 6.03. The molecule has 0 aliphatic carbocycles. The van der Waals surface area contributed by atoms with Gasteiger partial charge >= 0.3 is 0 Å². The average Bonchev–Trinajstić information content (AvgIpc) is 2.65. The zero-order chi connectivity index (χ0) is 19.3. The highest BCUT2D eigenvalue weighted by Crippen LogP contribution is 2.33. The minimum Gasteiger partial charge on any atom is -0.487 e. The third-order valence-corrected chi connectivity index (χ3v) is 4.61. The molecule has 0 aliphatic heterocycles. The molecule has 0 amide bonds. The van der Waals surface area contributed by atoms with Gasteiger partial charge in [-0.2, -0.15) is 0 Å². The fourth-order valence-corrected chi connectivity index (χ4v) is 2.94. The molecule has 2 aromatic heterocycles. The minimum atomic E-state index is -0.113. The summed E-state index contributed by atoms with van der Waals surface area (Å²) in [5.41, 5.74) is 4.30. The van der Waals surface area contributed by atoms with Crippen LogP contribution in [-0.4, -0.2) is 28.2 Å². The highest BCUT2D eigenvalue weighted by atomic mass is 16.5. The van der Waals surface area contributed by atoms with Crippen LogP contribution in [-0.2, 0) is 6.61 Å². The van der Waals surface area contributed by atoms with Gasteiger partial charge in [0.15, 0.2) is 11.6 Å². The summed E-state index contributed by atoms with van der Waals surface area (Å²) in [4.78, 5) is 9.40. The van der Waals surface area contributed by atoms with Gasteiger partial charge in [0.25, 0.3) is 0 Å². The van der Waals surface area contributed by atoms with Crippen molar-refractivity contribution in [2.75, 3.05) is 12.4 Å². The first-order valence-electron chi connectivity index (χ1n) is 9.42. The first-order valence-corrected chi connectivity index (χ1v) is 9.42. The second-order valence-corrected chi connectivity index (χ2v) is 6.85. The molecule has 0 radical (unpaired) electrons. The maximum Gasteiger partial charge on any atom is 0.169 e. The van der Waals surface area contributed by atoms with Crippen LogP contribution in [0.2, 0.25) is 0 Å². The molecule has 0 aromatic carbocycles. The van der Waals surface area contributed by atoms with Crippen LogP contribution < -0.4 is 10.1 Å². The van der Waals surface area contributed by atoms with Crippen LogP contribution >= 0.6 is 0 Å². The van der Waals surface area contributed by atoms with Crippen molar-refractivity contribution in [3.63, 3.8) is 0 Å². The summed E-state index contributed by atoms with van der Waals surface area (Å²) in [6.45, 7) is 10.3. The van der Waals surface area contributed by atoms with Gasteiger partial charge in [-0.3, -0.25) is 4.98 Å². The van der Waals surface area contributed by atoms with Gasteiger partial charge in [0.1, 0.15) is 0 Å². The summed E-state index contributed by atoms with van der Waals surface area (Å²) in [6.07, 6.45) is 2.08. The van der Waals surface area contributed by atoms with Crippen molar-refractivity contribution >= 4 is 5.82 Å². The molecule has 142 valence electrons. The lowest BCUT2D eigenvalue weighted by Crippen LogP contribution is -2.15. The van der Waals surface area contributed by atoms with Crippen LogP contribution in [0.15, 0.2) is 18.2 Å². The third kappa shape index (κ3) is 4.33. The Kier molecular flexibility index (Phi) is 6.98. The second-order valence-electron chi connectivity index (χ2n) is 6.85. The quantitative estimate of drug-likeness (QED) is 0.718. The molecule has 0 atom stereocenters. The number of ether oxygens (including phenoxy) is 1. The molecular weight excluding hydrogens is 326 g/mol. The maximum atomic E-state index is 9.81. The van der Waals surface area contributed by atoms with Crippen molar-refractivity contribution < 1.29 is 9.84 Å². The average molecular weight is 357 g/mol. The van der Waals surface area contributed by atoms with Crippen LogP contribution in [0.1, 0.15) is 63.4 Å². The number of nitrogens with zero attached hydrogens (tertiary/aromatic N) is 2. The van der Waals surface area contributed by atoms with Crippen molar-refractivity contribution in [1.29, 1.82) is 0 Å². The van der Waals surface area contributed by atoms with E-state index >= 15 is 0 Å². The fourth-order valence-electron chi connectivity index (χ4n) is 2.94. The first kappa shape index (κ1) is 20.2. The van der Waals surface area contributed by atoms with Crippen molar-refractivity contribution in [3.8, 4) is 17.0 Å². The zero-order valence-electron chi connectivity index (χ0n) is 16.8. The van der Waals surface area contributed by atoms with E-state index in [0.29, 0.717) is 17.4 Å². The zero-order valence-corrected chi connectivity index (χ0v) is 16.8. The van der Waals surface area contributed by atoms with E-state index in [0.717, 1.165) is 41.1 Å². The molecule has 0 saturated carbocycles. The monoisotopic (exact) mass is 357 g/mol. The van der Waals surface area contributed by atoms with Crippen molar-refractivity contribution in [3.05, 3.63) is 35.2 Å². The van der Waals surface area contributed by atoms with Gasteiger partial charge in [0.05, 0.1) is 24.1 Å². The standard InChI is InChI=1S/C21H31N3O2/c1-7-15(8-2)26-19-11-14(5)20(24-21(19)22-6)16-9-10-17(13(3)4)23-18(16)12-25/h9-11,13,15,25H,7-8,12H2,1-6H3,(H,22,24). The first-order chi connectivity index (χ1) is 12.4. The summed E-state index contributed by atoms with van der Waals surface area (Å²) in [5.74, 6) is 1.78. The molecule has 5 nitrogen and oxygen atoms in total. The molecule has 0 bridgehead atoms. The highest BCUT2D eigenvalue weighted by molar-refractivity contribution is 5.70. The van der Waals surface area contributed by atoms with Gasteiger partial charge in [0.2, 0.25) is 0 Å². The topological polar surface area (TPSA) is 67.3 Å². The van der Waals surface area contributed by atoms with Gasteiger partial charge in [-0.25, -0.2) is 4.98 Å². The van der Waals surface area contributed by atoms with Crippen LogP contribution in [0, 0.1) is 6.92 Å². The SMILES string of the molecule is CCC(CC)Oc1cc(C)c(-c2ccc(C(C)C)nc2CO)nc1NC. The van der Waals surface area contributed by atoms with E-state index in [1.807, 2.05) is 32.2 Å². The van der Waals surface area contributed by atoms with Crippen LogP contribution in [0.25, 0.3) is 11.3 Å². The lowest BCUT2D eigenvalue weighted by molar-refractivity contribution is 0.193. The number of anilines is 1. The van der Waals surface area contributed by atoms with Crippen molar-refractivity contribution in [1.82, 2.24) is 9.97 Å². The number of aliphatic hydroxyl groups excluding tert-OH is 1. The van der Waals surface area contributed by atoms with Gasteiger partial charge < -0.3 is 15.2 Å². The molecule has 0 fully saturated rings. The largest absolute Gasteiger partial charge is 0.487 e. The van der Waals surface area contributed by atoms with Gasteiger partial charge in [0, 0.05) is 18.3 Å². The number of aliphatic hydroxyl groups is 1. The van der Waals surface area contributed by atoms with E-state index in [2.05, 4.69) is 38.0 Å². The Morgan fingerprint density at radius 1 is 1.15 bits per heavy atom. The predicted octanol–water partition coefficient (Wildman–Crippen LogP) is 4.68. The Morgan fingerprint density at radius 2 is 1.85 bits per heavy atom. The number of hydrogen-bond donors (Lipinski definition) is 2. The molecule has 2 N–H and O–H groups in total. The minimum absolute atomic E-state index is 0.113. The molecule has 5 heteroatoms. The maximum absolute atomic E-state index is 9.81. The Labute approximate surface area is 156 Å². The molecule has 2 rings (SSSR count). The normalized spacial score (nSPS) is 11.3. The Hall–Kier alpha value is -2.14. The lowest BCUT2D eigenvalue weighted by Gasteiger charge is -2.20. The number of rotatable bonds is 8. The summed E-state index contributed by atoms with van der Waals surface area (Å²) >= 11 is 0. The summed E-state index contributed by atoms with van der Waals surface area (Å²) in [5, 5.41) is 12.9. The third-order valence-electron chi connectivity index (χ3n) is 4.61. The van der Waals surface area contributed by atoms with Gasteiger partial charge in [-0.15, -0.1) is 0 Å². The Bertz CT molecular complexity index is 740. The van der Waals surface area contributed by atoms with Crippen LogP contribution in [0.5, 0.6) is 5.75 Å². The number of nitrogens with one attached hydrogen (secondary N) is 1. The number of aromatic nitrogens is 2. The lowest BCUT2D eigenvalue weighted by atomic mass is 10.0. The number of hydrogen-bond acceptors (Lipinski definition) is 5. The van der Waals surface area contributed by atoms with Crippen molar-refractivity contribution in [2.24, 2.45) is 0 Å². The van der Waals surface area contributed by atoms with E-state index in [4.69, 9.17) is 9.72 Å². The van der Waals surface area contributed by atoms with E-state index < -0.39 is 0 Å². The molecule has 0 unspecified atom stereocenters. The Morgan fingerprint density at radius 3 is 2.38 bits per heavy atom. The Balaban J connectivity index is 2.51. The molecule has 2 aromatic rings. The summed E-state index contributed by atoms with van der Waals surface area (Å²) < 4.78 is 6.12. The smallest absolute Gasteiger partial charge is 0.169 e. The highest BCUT2D eigenvalue weighted by Gasteiger charge is 2.17. The number of pyridine rings is 2. The predicted molar refractivity (Wildman–Crippen MR) is 107 cm³/mol. The molecular formula is C21H31N3O2. The van der Waals surface area contributed by atoms with Crippen LogP contribution in [0.3, 0.4) is 0 Å². The van der Waals surface area contributed by atoms with Crippen molar-refractivity contribution in [2.45, 2.75) is 66.1 Å².